The molecule has 0 aliphatic rings. The second-order valence-corrected chi connectivity index (χ2v) is 4.46. The van der Waals surface area contributed by atoms with Crippen LogP contribution in [0.3, 0.4) is 0 Å². The van der Waals surface area contributed by atoms with Gasteiger partial charge in [0.05, 0.1) is 5.69 Å². The van der Waals surface area contributed by atoms with E-state index in [1.54, 1.807) is 0 Å². The number of aliphatic imine (C=N–C) groups is 1. The summed E-state index contributed by atoms with van der Waals surface area (Å²) >= 11 is 0. The molecule has 1 aromatic rings. The highest BCUT2D eigenvalue weighted by Crippen LogP contribution is 2.15. The molecule has 0 N–H and O–H groups in total. The molecule has 0 atom stereocenters. The Morgan fingerprint density at radius 3 is 2.08 bits per heavy atom. The summed E-state index contributed by atoms with van der Waals surface area (Å²) in [5.74, 6) is 0. The highest BCUT2D eigenvalue weighted by Gasteiger charge is 2.04. The Hall–Kier alpha value is -1.11. The van der Waals surface area contributed by atoms with Gasteiger partial charge < -0.3 is 0 Å². The molecule has 1 nitrogen and oxygen atoms in total. The Labute approximate surface area is 80.5 Å². The van der Waals surface area contributed by atoms with Crippen molar-refractivity contribution in [2.24, 2.45) is 10.4 Å². The van der Waals surface area contributed by atoms with Crippen LogP contribution in [0.1, 0.15) is 26.3 Å². The Balaban J connectivity index is 2.75. The first-order chi connectivity index (χ1) is 5.97. The molecule has 0 heterocycles. The van der Waals surface area contributed by atoms with E-state index in [4.69, 9.17) is 0 Å². The topological polar surface area (TPSA) is 12.4 Å². The zero-order valence-corrected chi connectivity index (χ0v) is 8.83. The van der Waals surface area contributed by atoms with Gasteiger partial charge in [-0.2, -0.15) is 0 Å². The molecule has 0 aliphatic carbocycles. The molecule has 0 saturated carbocycles. The maximum atomic E-state index is 4.39. The molecule has 0 aliphatic heterocycles. The Bertz CT molecular complexity index is 288. The minimum atomic E-state index is 0.158. The summed E-state index contributed by atoms with van der Waals surface area (Å²) in [6.45, 7) is 8.51. The molecule has 0 unspecified atom stereocenters. The van der Waals surface area contributed by atoms with Crippen molar-refractivity contribution in [1.82, 2.24) is 0 Å². The van der Waals surface area contributed by atoms with Gasteiger partial charge in [0, 0.05) is 6.21 Å². The minimum absolute atomic E-state index is 0.158. The Kier molecular flexibility index (Phi) is 2.86. The van der Waals surface area contributed by atoms with E-state index in [-0.39, 0.29) is 5.41 Å². The lowest BCUT2D eigenvalue weighted by atomic mass is 9.99. The molecule has 70 valence electrons. The number of nitrogens with zero attached hydrogens (tertiary/aromatic N) is 1. The van der Waals surface area contributed by atoms with Gasteiger partial charge in [-0.15, -0.1) is 0 Å². The standard InChI is InChI=1S/C12H17N/c1-10-5-7-11(8-6-10)13-9-12(2,3)4/h5-9H,1-4H3. The third-order valence-electron chi connectivity index (χ3n) is 1.63. The van der Waals surface area contributed by atoms with Gasteiger partial charge >= 0.3 is 0 Å². The monoisotopic (exact) mass is 175 g/mol. The van der Waals surface area contributed by atoms with Crippen LogP contribution in [0.15, 0.2) is 29.3 Å². The van der Waals surface area contributed by atoms with E-state index in [1.807, 2.05) is 18.3 Å². The van der Waals surface area contributed by atoms with Gasteiger partial charge in [0.25, 0.3) is 0 Å². The molecule has 1 aromatic carbocycles. The van der Waals surface area contributed by atoms with Crippen molar-refractivity contribution in [3.8, 4) is 0 Å². The van der Waals surface area contributed by atoms with Gasteiger partial charge in [-0.05, 0) is 24.5 Å². The fourth-order valence-electron chi connectivity index (χ4n) is 0.899. The number of hydrogen-bond acceptors (Lipinski definition) is 1. The van der Waals surface area contributed by atoms with Gasteiger partial charge in [-0.1, -0.05) is 38.5 Å². The quantitative estimate of drug-likeness (QED) is 0.576. The average Bonchev–Trinajstić information content (AvgIpc) is 2.02. The van der Waals surface area contributed by atoms with E-state index in [0.29, 0.717) is 0 Å². The molecule has 0 radical (unpaired) electrons. The third kappa shape index (κ3) is 3.88. The first-order valence-electron chi connectivity index (χ1n) is 4.59. The molecule has 0 amide bonds. The smallest absolute Gasteiger partial charge is 0.0626 e. The minimum Gasteiger partial charge on any atom is -0.261 e. The van der Waals surface area contributed by atoms with E-state index < -0.39 is 0 Å². The molecule has 13 heavy (non-hydrogen) atoms. The summed E-state index contributed by atoms with van der Waals surface area (Å²) in [6.07, 6.45) is 1.98. The number of aryl methyl sites for hydroxylation is 1. The highest BCUT2D eigenvalue weighted by atomic mass is 14.7. The summed E-state index contributed by atoms with van der Waals surface area (Å²) in [4.78, 5) is 4.39. The third-order valence-corrected chi connectivity index (χ3v) is 1.63. The van der Waals surface area contributed by atoms with E-state index >= 15 is 0 Å². The maximum absolute atomic E-state index is 4.39. The van der Waals surface area contributed by atoms with E-state index in [1.165, 1.54) is 5.56 Å². The van der Waals surface area contributed by atoms with Gasteiger partial charge in [0.2, 0.25) is 0 Å². The Morgan fingerprint density at radius 1 is 1.08 bits per heavy atom. The van der Waals surface area contributed by atoms with Crippen LogP contribution in [0, 0.1) is 12.3 Å². The molecule has 1 heteroatoms. The number of benzene rings is 1. The van der Waals surface area contributed by atoms with E-state index in [0.717, 1.165) is 5.69 Å². The van der Waals surface area contributed by atoms with Crippen LogP contribution in [0.4, 0.5) is 5.69 Å². The van der Waals surface area contributed by atoms with Crippen LogP contribution in [0.5, 0.6) is 0 Å². The second kappa shape index (κ2) is 3.73. The first-order valence-corrected chi connectivity index (χ1v) is 4.59. The molecular formula is C12H17N. The van der Waals surface area contributed by atoms with Gasteiger partial charge in [-0.3, -0.25) is 4.99 Å². The van der Waals surface area contributed by atoms with Crippen LogP contribution in [-0.2, 0) is 0 Å². The van der Waals surface area contributed by atoms with E-state index in [9.17, 15) is 0 Å². The summed E-state index contributed by atoms with van der Waals surface area (Å²) < 4.78 is 0. The van der Waals surface area contributed by atoms with Crippen molar-refractivity contribution in [3.63, 3.8) is 0 Å². The lowest BCUT2D eigenvalue weighted by Crippen LogP contribution is -2.05. The van der Waals surface area contributed by atoms with Crippen molar-refractivity contribution in [2.45, 2.75) is 27.7 Å². The molecule has 0 saturated heterocycles. The molecular weight excluding hydrogens is 158 g/mol. The van der Waals surface area contributed by atoms with Crippen LogP contribution < -0.4 is 0 Å². The fourth-order valence-corrected chi connectivity index (χ4v) is 0.899. The first kappa shape index (κ1) is 9.97. The van der Waals surface area contributed by atoms with Crippen LogP contribution >= 0.6 is 0 Å². The van der Waals surface area contributed by atoms with Gasteiger partial charge in [0.15, 0.2) is 0 Å². The zero-order chi connectivity index (χ0) is 9.90. The van der Waals surface area contributed by atoms with Crippen molar-refractivity contribution in [1.29, 1.82) is 0 Å². The zero-order valence-electron chi connectivity index (χ0n) is 8.83. The van der Waals surface area contributed by atoms with Gasteiger partial charge in [0.1, 0.15) is 0 Å². The van der Waals surface area contributed by atoms with Crippen molar-refractivity contribution in [3.05, 3.63) is 29.8 Å². The van der Waals surface area contributed by atoms with E-state index in [2.05, 4.69) is 44.8 Å². The number of rotatable bonds is 1. The summed E-state index contributed by atoms with van der Waals surface area (Å²) in [5, 5.41) is 0. The summed E-state index contributed by atoms with van der Waals surface area (Å²) in [5.41, 5.74) is 2.46. The van der Waals surface area contributed by atoms with Gasteiger partial charge in [-0.25, -0.2) is 0 Å². The van der Waals surface area contributed by atoms with Crippen LogP contribution in [0.25, 0.3) is 0 Å². The molecule has 0 aromatic heterocycles. The van der Waals surface area contributed by atoms with Crippen molar-refractivity contribution >= 4 is 11.9 Å². The predicted molar refractivity (Wildman–Crippen MR) is 58.8 cm³/mol. The maximum Gasteiger partial charge on any atom is 0.0626 e. The fraction of sp³-hybridized carbons (Fsp3) is 0.417. The van der Waals surface area contributed by atoms with Crippen molar-refractivity contribution < 1.29 is 0 Å². The lowest BCUT2D eigenvalue weighted by molar-refractivity contribution is 0.607. The van der Waals surface area contributed by atoms with Crippen LogP contribution in [0.2, 0.25) is 0 Å². The molecule has 1 rings (SSSR count). The molecule has 0 bridgehead atoms. The highest BCUT2D eigenvalue weighted by molar-refractivity contribution is 5.68. The normalized spacial score (nSPS) is 12.3. The Morgan fingerprint density at radius 2 is 1.62 bits per heavy atom. The predicted octanol–water partition coefficient (Wildman–Crippen LogP) is 3.74. The average molecular weight is 175 g/mol. The van der Waals surface area contributed by atoms with Crippen LogP contribution in [-0.4, -0.2) is 6.21 Å². The largest absolute Gasteiger partial charge is 0.261 e. The number of hydrogen-bond donors (Lipinski definition) is 0. The van der Waals surface area contributed by atoms with Crippen molar-refractivity contribution in [2.75, 3.05) is 0 Å². The SMILES string of the molecule is Cc1ccc(N=CC(C)(C)C)cc1. The summed E-state index contributed by atoms with van der Waals surface area (Å²) in [7, 11) is 0. The second-order valence-electron chi connectivity index (χ2n) is 4.46. The lowest BCUT2D eigenvalue weighted by Gasteiger charge is -2.09. The molecule has 0 fully saturated rings. The molecule has 0 spiro atoms. The summed E-state index contributed by atoms with van der Waals surface area (Å²) in [6, 6.07) is 8.24.